The van der Waals surface area contributed by atoms with Gasteiger partial charge >= 0.3 is 0 Å². The largest absolute Gasteiger partial charge is 0.352 e. The second-order valence-electron chi connectivity index (χ2n) is 11.1. The van der Waals surface area contributed by atoms with E-state index in [1.807, 2.05) is 45.9 Å². The number of hydrogen-bond acceptors (Lipinski definition) is 4. The molecule has 2 amide bonds. The van der Waals surface area contributed by atoms with Crippen LogP contribution in [0.15, 0.2) is 71.6 Å². The van der Waals surface area contributed by atoms with Gasteiger partial charge in [0.05, 0.1) is 10.6 Å². The molecule has 0 saturated heterocycles. The number of sulfonamides is 1. The Bertz CT molecular complexity index is 1520. The van der Waals surface area contributed by atoms with Gasteiger partial charge in [0.25, 0.3) is 10.0 Å². The molecule has 1 N–H and O–H groups in total. The summed E-state index contributed by atoms with van der Waals surface area (Å²) in [5, 5.41) is 3.60. The minimum absolute atomic E-state index is 0.0699. The molecule has 0 spiro atoms. The lowest BCUT2D eigenvalue weighted by Gasteiger charge is -2.34. The highest BCUT2D eigenvalue weighted by Crippen LogP contribution is 2.28. The van der Waals surface area contributed by atoms with Gasteiger partial charge in [0.15, 0.2) is 0 Å². The second-order valence-corrected chi connectivity index (χ2v) is 13.4. The van der Waals surface area contributed by atoms with Crippen molar-refractivity contribution >= 4 is 39.1 Å². The Morgan fingerprint density at radius 2 is 1.62 bits per heavy atom. The molecular formula is C33H40ClN3O4S. The molecule has 9 heteroatoms. The van der Waals surface area contributed by atoms with Crippen molar-refractivity contribution in [2.24, 2.45) is 0 Å². The van der Waals surface area contributed by atoms with Gasteiger partial charge in [-0.3, -0.25) is 13.9 Å². The lowest BCUT2D eigenvalue weighted by Crippen LogP contribution is -2.53. The second kappa shape index (κ2) is 13.7. The maximum Gasteiger partial charge on any atom is 0.264 e. The van der Waals surface area contributed by atoms with Crippen molar-refractivity contribution in [3.63, 3.8) is 0 Å². The van der Waals surface area contributed by atoms with Crippen molar-refractivity contribution < 1.29 is 18.0 Å². The molecule has 0 heterocycles. The van der Waals surface area contributed by atoms with E-state index in [-0.39, 0.29) is 23.4 Å². The molecule has 4 rings (SSSR count). The zero-order chi connectivity index (χ0) is 30.4. The Labute approximate surface area is 254 Å². The molecular weight excluding hydrogens is 570 g/mol. The fourth-order valence-corrected chi connectivity index (χ4v) is 6.95. The number of carbonyl (C=O) groups excluding carboxylic acids is 2. The maximum atomic E-state index is 14.3. The van der Waals surface area contributed by atoms with E-state index in [9.17, 15) is 18.0 Å². The quantitative estimate of drug-likeness (QED) is 0.275. The number of benzene rings is 3. The average Bonchev–Trinajstić information content (AvgIpc) is 3.47. The summed E-state index contributed by atoms with van der Waals surface area (Å²) < 4.78 is 29.3. The topological polar surface area (TPSA) is 86.8 Å². The Hall–Kier alpha value is -3.36. The first-order chi connectivity index (χ1) is 20.0. The van der Waals surface area contributed by atoms with Gasteiger partial charge in [-0.2, -0.15) is 0 Å². The molecule has 0 bridgehead atoms. The first kappa shape index (κ1) is 31.6. The van der Waals surface area contributed by atoms with E-state index < -0.39 is 28.5 Å². The monoisotopic (exact) mass is 609 g/mol. The predicted octanol–water partition coefficient (Wildman–Crippen LogP) is 6.33. The van der Waals surface area contributed by atoms with Crippen molar-refractivity contribution in [1.82, 2.24) is 10.2 Å². The summed E-state index contributed by atoms with van der Waals surface area (Å²) in [6.45, 7) is 7.19. The van der Waals surface area contributed by atoms with Crippen LogP contribution in [0.5, 0.6) is 0 Å². The molecule has 1 aliphatic carbocycles. The van der Waals surface area contributed by atoms with E-state index in [0.717, 1.165) is 46.7 Å². The van der Waals surface area contributed by atoms with Crippen LogP contribution in [-0.2, 0) is 26.2 Å². The van der Waals surface area contributed by atoms with Crippen molar-refractivity contribution in [2.75, 3.05) is 10.8 Å². The Kier molecular flexibility index (Phi) is 10.3. The van der Waals surface area contributed by atoms with E-state index in [4.69, 9.17) is 11.6 Å². The minimum Gasteiger partial charge on any atom is -0.352 e. The van der Waals surface area contributed by atoms with Gasteiger partial charge in [-0.15, -0.1) is 0 Å². The number of hydrogen-bond donors (Lipinski definition) is 1. The molecule has 42 heavy (non-hydrogen) atoms. The average molecular weight is 610 g/mol. The summed E-state index contributed by atoms with van der Waals surface area (Å²) in [4.78, 5) is 29.4. The zero-order valence-corrected chi connectivity index (χ0v) is 26.3. The third kappa shape index (κ3) is 7.34. The Morgan fingerprint density at radius 1 is 0.952 bits per heavy atom. The molecule has 1 fully saturated rings. The number of aryl methyl sites for hydroxylation is 3. The van der Waals surface area contributed by atoms with Crippen LogP contribution in [0.2, 0.25) is 5.02 Å². The molecule has 3 aromatic rings. The van der Waals surface area contributed by atoms with Crippen molar-refractivity contribution in [1.29, 1.82) is 0 Å². The highest BCUT2D eigenvalue weighted by Gasteiger charge is 2.35. The molecule has 1 aliphatic rings. The first-order valence-electron chi connectivity index (χ1n) is 14.5. The lowest BCUT2D eigenvalue weighted by molar-refractivity contribution is -0.140. The van der Waals surface area contributed by atoms with E-state index >= 15 is 0 Å². The Balaban J connectivity index is 1.74. The molecule has 3 aromatic carbocycles. The summed E-state index contributed by atoms with van der Waals surface area (Å²) in [6, 6.07) is 18.4. The molecule has 224 valence electrons. The molecule has 0 unspecified atom stereocenters. The number of nitrogens with one attached hydrogen (secondary N) is 1. The molecule has 7 nitrogen and oxygen atoms in total. The summed E-state index contributed by atoms with van der Waals surface area (Å²) in [5.74, 6) is -0.721. The van der Waals surface area contributed by atoms with Crippen LogP contribution < -0.4 is 9.62 Å². The van der Waals surface area contributed by atoms with Gasteiger partial charge in [0.2, 0.25) is 11.8 Å². The summed E-state index contributed by atoms with van der Waals surface area (Å²) in [5.41, 5.74) is 3.90. The number of amides is 2. The van der Waals surface area contributed by atoms with Gasteiger partial charge in [-0.05, 0) is 87.1 Å². The molecule has 0 radical (unpaired) electrons. The number of anilines is 1. The number of nitrogens with zero attached hydrogens (tertiary/aromatic N) is 2. The van der Waals surface area contributed by atoms with Gasteiger partial charge in [0, 0.05) is 17.6 Å². The third-order valence-corrected chi connectivity index (χ3v) is 10.2. The summed E-state index contributed by atoms with van der Waals surface area (Å²) in [6.07, 6.45) is 4.31. The first-order valence-corrected chi connectivity index (χ1v) is 16.3. The normalized spacial score (nSPS) is 14.4. The highest BCUT2D eigenvalue weighted by atomic mass is 35.5. The van der Waals surface area contributed by atoms with Crippen LogP contribution in [0.3, 0.4) is 0 Å². The molecule has 1 saturated carbocycles. The van der Waals surface area contributed by atoms with Crippen LogP contribution in [0.1, 0.15) is 61.3 Å². The highest BCUT2D eigenvalue weighted by molar-refractivity contribution is 7.92. The smallest absolute Gasteiger partial charge is 0.264 e. The van der Waals surface area contributed by atoms with Crippen LogP contribution in [0.25, 0.3) is 0 Å². The van der Waals surface area contributed by atoms with E-state index in [1.165, 1.54) is 4.90 Å². The number of carbonyl (C=O) groups is 2. The van der Waals surface area contributed by atoms with E-state index in [0.29, 0.717) is 22.7 Å². The minimum atomic E-state index is -4.12. The summed E-state index contributed by atoms with van der Waals surface area (Å²) >= 11 is 6.49. The van der Waals surface area contributed by atoms with Gasteiger partial charge in [-0.25, -0.2) is 8.42 Å². The van der Waals surface area contributed by atoms with Crippen LogP contribution in [0.4, 0.5) is 5.69 Å². The van der Waals surface area contributed by atoms with Crippen molar-refractivity contribution in [2.45, 2.75) is 83.3 Å². The van der Waals surface area contributed by atoms with E-state index in [1.54, 1.807) is 48.5 Å². The number of rotatable bonds is 11. The number of halogens is 1. The SMILES string of the molecule is CC[C@H](C(=O)NC1CCCC1)N(Cc1ccccc1Cl)C(=O)CN(c1ccc(C)c(C)c1)S(=O)(=O)c1ccc(C)cc1. The van der Waals surface area contributed by atoms with Gasteiger partial charge in [-0.1, -0.05) is 73.3 Å². The third-order valence-electron chi connectivity index (χ3n) is 8.05. The lowest BCUT2D eigenvalue weighted by atomic mass is 10.1. The van der Waals surface area contributed by atoms with Gasteiger partial charge < -0.3 is 10.2 Å². The van der Waals surface area contributed by atoms with Crippen LogP contribution in [-0.4, -0.2) is 43.8 Å². The standard InChI is InChI=1S/C33H40ClN3O4S/c1-5-31(33(39)35-27-11-7-8-12-27)36(21-26-10-6-9-13-30(26)34)32(38)22-37(28-17-16-24(3)25(4)20-28)42(40,41)29-18-14-23(2)15-19-29/h6,9-10,13-20,27,31H,5,7-8,11-12,21-22H2,1-4H3,(H,35,39)/t31-/m1/s1. The van der Waals surface area contributed by atoms with Crippen molar-refractivity contribution in [3.8, 4) is 0 Å². The van der Waals surface area contributed by atoms with E-state index in [2.05, 4.69) is 5.32 Å². The Morgan fingerprint density at radius 3 is 2.24 bits per heavy atom. The van der Waals surface area contributed by atoms with Crippen molar-refractivity contribution in [3.05, 3.63) is 94.0 Å². The fraction of sp³-hybridized carbons (Fsp3) is 0.394. The van der Waals surface area contributed by atoms with Crippen LogP contribution in [0, 0.1) is 20.8 Å². The molecule has 0 aliphatic heterocycles. The van der Waals surface area contributed by atoms with Gasteiger partial charge in [0.1, 0.15) is 12.6 Å². The maximum absolute atomic E-state index is 14.3. The fourth-order valence-electron chi connectivity index (χ4n) is 5.34. The summed E-state index contributed by atoms with van der Waals surface area (Å²) in [7, 11) is -4.12. The van der Waals surface area contributed by atoms with Crippen LogP contribution >= 0.6 is 11.6 Å². The molecule has 0 aromatic heterocycles. The molecule has 1 atom stereocenters. The predicted molar refractivity (Wildman–Crippen MR) is 168 cm³/mol. The zero-order valence-electron chi connectivity index (χ0n) is 24.8.